The van der Waals surface area contributed by atoms with E-state index in [0.717, 1.165) is 0 Å². The second-order valence-corrected chi connectivity index (χ2v) is 3.84. The van der Waals surface area contributed by atoms with Crippen LogP contribution >= 0.6 is 0 Å². The molecule has 1 aromatic rings. The lowest BCUT2D eigenvalue weighted by Gasteiger charge is -2.26. The Bertz CT molecular complexity index is 322. The van der Waals surface area contributed by atoms with E-state index in [-0.39, 0.29) is 25.5 Å². The molecule has 0 radical (unpaired) electrons. The van der Waals surface area contributed by atoms with Gasteiger partial charge in [0.2, 0.25) is 5.91 Å². The highest BCUT2D eigenvalue weighted by molar-refractivity contribution is 5.76. The van der Waals surface area contributed by atoms with Crippen molar-refractivity contribution in [3.8, 4) is 0 Å². The molecule has 0 saturated carbocycles. The fourth-order valence-corrected chi connectivity index (χ4v) is 1.10. The van der Waals surface area contributed by atoms with E-state index in [0.29, 0.717) is 6.54 Å². The summed E-state index contributed by atoms with van der Waals surface area (Å²) >= 11 is 0. The number of nitrogens with one attached hydrogen (secondary N) is 1. The summed E-state index contributed by atoms with van der Waals surface area (Å²) in [5.41, 5.74) is -0.973. The molecule has 7 nitrogen and oxygen atoms in total. The fraction of sp³-hybridized carbons (Fsp3) is 0.667. The van der Waals surface area contributed by atoms with Gasteiger partial charge in [-0.15, -0.1) is 5.10 Å². The van der Waals surface area contributed by atoms with Gasteiger partial charge in [0.15, 0.2) is 0 Å². The summed E-state index contributed by atoms with van der Waals surface area (Å²) < 4.78 is 1.54. The van der Waals surface area contributed by atoms with Crippen molar-refractivity contribution in [2.45, 2.75) is 25.4 Å². The van der Waals surface area contributed by atoms with Crippen LogP contribution in [0.3, 0.4) is 0 Å². The monoisotopic (exact) mass is 228 g/mol. The second-order valence-electron chi connectivity index (χ2n) is 3.84. The molecule has 1 heterocycles. The third-order valence-electron chi connectivity index (χ3n) is 2.18. The number of rotatable bonds is 6. The number of nitrogens with zero attached hydrogens (tertiary/aromatic N) is 3. The lowest BCUT2D eigenvalue weighted by Crippen LogP contribution is -2.51. The highest BCUT2D eigenvalue weighted by atomic mass is 16.3. The van der Waals surface area contributed by atoms with Gasteiger partial charge < -0.3 is 15.5 Å². The predicted molar refractivity (Wildman–Crippen MR) is 55.4 cm³/mol. The maximum atomic E-state index is 11.5. The van der Waals surface area contributed by atoms with Gasteiger partial charge in [0, 0.05) is 12.6 Å². The number of carbonyl (C=O) groups is 1. The summed E-state index contributed by atoms with van der Waals surface area (Å²) in [4.78, 5) is 11.5. The number of amides is 1. The first-order chi connectivity index (χ1) is 7.59. The van der Waals surface area contributed by atoms with Crippen LogP contribution in [-0.4, -0.2) is 49.9 Å². The zero-order valence-electron chi connectivity index (χ0n) is 9.13. The van der Waals surface area contributed by atoms with Crippen molar-refractivity contribution in [1.82, 2.24) is 20.3 Å². The smallest absolute Gasteiger partial charge is 0.222 e. The van der Waals surface area contributed by atoms with Crippen LogP contribution in [-0.2, 0) is 11.3 Å². The van der Waals surface area contributed by atoms with Crippen LogP contribution < -0.4 is 5.32 Å². The van der Waals surface area contributed by atoms with Gasteiger partial charge in [-0.1, -0.05) is 5.21 Å². The van der Waals surface area contributed by atoms with Gasteiger partial charge in [-0.25, -0.2) is 0 Å². The Morgan fingerprint density at radius 1 is 1.50 bits per heavy atom. The van der Waals surface area contributed by atoms with Gasteiger partial charge in [-0.05, 0) is 6.92 Å². The zero-order valence-corrected chi connectivity index (χ0v) is 9.13. The molecular formula is C9H16N4O3. The molecular weight excluding hydrogens is 212 g/mol. The summed E-state index contributed by atoms with van der Waals surface area (Å²) in [7, 11) is 0. The van der Waals surface area contributed by atoms with Crippen LogP contribution in [0.1, 0.15) is 13.3 Å². The first kappa shape index (κ1) is 12.6. The summed E-state index contributed by atoms with van der Waals surface area (Å²) in [5.74, 6) is -0.249. The zero-order chi connectivity index (χ0) is 12.0. The van der Waals surface area contributed by atoms with Gasteiger partial charge in [0.25, 0.3) is 0 Å². The van der Waals surface area contributed by atoms with Crippen LogP contribution in [0.2, 0.25) is 0 Å². The van der Waals surface area contributed by atoms with Crippen molar-refractivity contribution in [3.05, 3.63) is 12.4 Å². The highest BCUT2D eigenvalue weighted by Crippen LogP contribution is 2.01. The molecule has 0 aliphatic rings. The molecule has 0 spiro atoms. The van der Waals surface area contributed by atoms with E-state index < -0.39 is 5.54 Å². The summed E-state index contributed by atoms with van der Waals surface area (Å²) in [6.07, 6.45) is 3.41. The van der Waals surface area contributed by atoms with Crippen molar-refractivity contribution in [2.24, 2.45) is 0 Å². The molecule has 0 atom stereocenters. The Balaban J connectivity index is 2.36. The minimum absolute atomic E-state index is 0.221. The van der Waals surface area contributed by atoms with E-state index in [4.69, 9.17) is 10.2 Å². The van der Waals surface area contributed by atoms with Crippen molar-refractivity contribution in [3.63, 3.8) is 0 Å². The Hall–Kier alpha value is -1.47. The van der Waals surface area contributed by atoms with Gasteiger partial charge in [0.1, 0.15) is 0 Å². The topological polar surface area (TPSA) is 100 Å². The first-order valence-corrected chi connectivity index (χ1v) is 4.96. The molecule has 90 valence electrons. The molecule has 1 aromatic heterocycles. The van der Waals surface area contributed by atoms with Crippen molar-refractivity contribution in [1.29, 1.82) is 0 Å². The van der Waals surface area contributed by atoms with E-state index in [1.54, 1.807) is 13.1 Å². The maximum Gasteiger partial charge on any atom is 0.222 e. The lowest BCUT2D eigenvalue weighted by molar-refractivity contribution is -0.124. The van der Waals surface area contributed by atoms with Crippen LogP contribution in [0.25, 0.3) is 0 Å². The minimum Gasteiger partial charge on any atom is -0.394 e. The van der Waals surface area contributed by atoms with Crippen molar-refractivity contribution < 1.29 is 15.0 Å². The van der Waals surface area contributed by atoms with Gasteiger partial charge in [0.05, 0.1) is 31.5 Å². The molecule has 3 N–H and O–H groups in total. The van der Waals surface area contributed by atoms with Crippen LogP contribution in [0.5, 0.6) is 0 Å². The van der Waals surface area contributed by atoms with Crippen LogP contribution in [0.15, 0.2) is 12.4 Å². The van der Waals surface area contributed by atoms with Crippen LogP contribution in [0, 0.1) is 0 Å². The second kappa shape index (κ2) is 5.57. The molecule has 16 heavy (non-hydrogen) atoms. The average molecular weight is 228 g/mol. The van der Waals surface area contributed by atoms with Gasteiger partial charge in [-0.2, -0.15) is 0 Å². The summed E-state index contributed by atoms with van der Waals surface area (Å²) in [5, 5.41) is 27.8. The maximum absolute atomic E-state index is 11.5. The van der Waals surface area contributed by atoms with E-state index in [2.05, 4.69) is 15.6 Å². The molecule has 0 bridgehead atoms. The van der Waals surface area contributed by atoms with Crippen molar-refractivity contribution >= 4 is 5.91 Å². The summed E-state index contributed by atoms with van der Waals surface area (Å²) in [6.45, 7) is 1.37. The number of aryl methyl sites for hydroxylation is 1. The third kappa shape index (κ3) is 3.59. The van der Waals surface area contributed by atoms with E-state index in [1.165, 1.54) is 10.9 Å². The average Bonchev–Trinajstić information content (AvgIpc) is 2.79. The molecule has 0 fully saturated rings. The molecule has 0 unspecified atom stereocenters. The molecule has 1 amide bonds. The predicted octanol–water partition coefficient (Wildman–Crippen LogP) is -1.47. The van der Waals surface area contributed by atoms with Crippen molar-refractivity contribution in [2.75, 3.05) is 13.2 Å². The van der Waals surface area contributed by atoms with E-state index in [1.807, 2.05) is 0 Å². The third-order valence-corrected chi connectivity index (χ3v) is 2.18. The standard InChI is InChI=1S/C9H16N4O3/c1-9(6-14,7-15)11-8(16)2-4-13-5-3-10-12-13/h3,5,14-15H,2,4,6-7H2,1H3,(H,11,16). The Morgan fingerprint density at radius 2 is 2.19 bits per heavy atom. The molecule has 1 rings (SSSR count). The number of aliphatic hydroxyl groups is 2. The highest BCUT2D eigenvalue weighted by Gasteiger charge is 2.24. The number of hydrogen-bond donors (Lipinski definition) is 3. The Labute approximate surface area is 93.1 Å². The molecule has 0 saturated heterocycles. The minimum atomic E-state index is -0.973. The number of carbonyl (C=O) groups excluding carboxylic acids is 1. The molecule has 0 aliphatic heterocycles. The fourth-order valence-electron chi connectivity index (χ4n) is 1.10. The molecule has 7 heteroatoms. The number of aliphatic hydroxyl groups excluding tert-OH is 2. The molecule has 0 aromatic carbocycles. The largest absolute Gasteiger partial charge is 0.394 e. The normalized spacial score (nSPS) is 11.4. The first-order valence-electron chi connectivity index (χ1n) is 4.96. The Kier molecular flexibility index (Phi) is 4.39. The number of aromatic nitrogens is 3. The Morgan fingerprint density at radius 3 is 2.69 bits per heavy atom. The van der Waals surface area contributed by atoms with Gasteiger partial charge >= 0.3 is 0 Å². The van der Waals surface area contributed by atoms with Gasteiger partial charge in [-0.3, -0.25) is 9.48 Å². The van der Waals surface area contributed by atoms with E-state index in [9.17, 15) is 4.79 Å². The molecule has 0 aliphatic carbocycles. The van der Waals surface area contributed by atoms with Crippen LogP contribution in [0.4, 0.5) is 0 Å². The summed E-state index contributed by atoms with van der Waals surface area (Å²) in [6, 6.07) is 0. The lowest BCUT2D eigenvalue weighted by atomic mass is 10.1. The SMILES string of the molecule is CC(CO)(CO)NC(=O)CCn1ccnn1. The number of hydrogen-bond acceptors (Lipinski definition) is 5. The van der Waals surface area contributed by atoms with E-state index >= 15 is 0 Å². The quantitative estimate of drug-likeness (QED) is 0.552.